The molecule has 0 spiro atoms. The van der Waals surface area contributed by atoms with E-state index in [0.29, 0.717) is 16.8 Å². The summed E-state index contributed by atoms with van der Waals surface area (Å²) in [7, 11) is 1.46. The fourth-order valence-corrected chi connectivity index (χ4v) is 2.01. The number of ether oxygens (including phenoxy) is 1. The first-order valence-corrected chi connectivity index (χ1v) is 5.89. The molecular formula is C14H13N3O3. The number of carboxylic acids is 1. The van der Waals surface area contributed by atoms with Crippen LogP contribution >= 0.6 is 0 Å². The third-order valence-corrected chi connectivity index (χ3v) is 3.00. The van der Waals surface area contributed by atoms with Crippen molar-refractivity contribution in [1.29, 1.82) is 5.26 Å². The van der Waals surface area contributed by atoms with Crippen LogP contribution in [-0.4, -0.2) is 24.2 Å². The molecule has 2 N–H and O–H groups in total. The number of benzene rings is 1. The molecule has 0 aromatic heterocycles. The number of methoxy groups -OCH3 is 1. The monoisotopic (exact) mass is 271 g/mol. The Balaban J connectivity index is 2.48. The summed E-state index contributed by atoms with van der Waals surface area (Å²) < 4.78 is 5.05. The smallest absolute Gasteiger partial charge is 0.335 e. The van der Waals surface area contributed by atoms with Crippen LogP contribution in [0.15, 0.2) is 40.5 Å². The highest BCUT2D eigenvalue weighted by Gasteiger charge is 2.29. The van der Waals surface area contributed by atoms with Gasteiger partial charge in [0.1, 0.15) is 6.04 Å². The topological polar surface area (TPSA) is 94.7 Å². The number of aliphatic imine (C=N–C) groups is 1. The van der Waals surface area contributed by atoms with Gasteiger partial charge in [-0.3, -0.25) is 0 Å². The summed E-state index contributed by atoms with van der Waals surface area (Å²) >= 11 is 0. The molecule has 1 aliphatic heterocycles. The second-order valence-corrected chi connectivity index (χ2v) is 4.24. The molecule has 1 unspecified atom stereocenters. The normalized spacial score (nSPS) is 17.9. The molecule has 2 rings (SSSR count). The van der Waals surface area contributed by atoms with Crippen LogP contribution in [0.25, 0.3) is 0 Å². The average Bonchev–Trinajstić information content (AvgIpc) is 2.46. The van der Waals surface area contributed by atoms with Crippen LogP contribution in [0.1, 0.15) is 24.1 Å². The highest BCUT2D eigenvalue weighted by atomic mass is 16.5. The molecule has 6 nitrogen and oxygen atoms in total. The molecule has 1 aliphatic rings. The number of rotatable bonds is 2. The lowest BCUT2D eigenvalue weighted by molar-refractivity contribution is -0.133. The summed E-state index contributed by atoms with van der Waals surface area (Å²) in [5.74, 6) is -1.04. The average molecular weight is 271 g/mol. The van der Waals surface area contributed by atoms with Gasteiger partial charge in [0.15, 0.2) is 0 Å². The Kier molecular flexibility index (Phi) is 3.71. The summed E-state index contributed by atoms with van der Waals surface area (Å²) in [6.45, 7) is 1.66. The first-order valence-electron chi connectivity index (χ1n) is 5.89. The summed E-state index contributed by atoms with van der Waals surface area (Å²) in [6.07, 6.45) is 0. The van der Waals surface area contributed by atoms with Gasteiger partial charge in [-0.2, -0.15) is 5.26 Å². The van der Waals surface area contributed by atoms with E-state index in [1.54, 1.807) is 31.2 Å². The minimum absolute atomic E-state index is 0.163. The zero-order chi connectivity index (χ0) is 14.7. The van der Waals surface area contributed by atoms with Crippen molar-refractivity contribution >= 4 is 12.0 Å². The summed E-state index contributed by atoms with van der Waals surface area (Å²) in [4.78, 5) is 15.6. The second kappa shape index (κ2) is 5.45. The van der Waals surface area contributed by atoms with Crippen molar-refractivity contribution in [3.8, 4) is 6.07 Å². The molecule has 1 aromatic carbocycles. The van der Waals surface area contributed by atoms with Crippen LogP contribution in [0.2, 0.25) is 0 Å². The number of amidine groups is 1. The highest BCUT2D eigenvalue weighted by molar-refractivity contribution is 5.92. The molecule has 102 valence electrons. The molecule has 1 aromatic rings. The molecule has 6 heteroatoms. The maximum atomic E-state index is 11.4. The van der Waals surface area contributed by atoms with Crippen LogP contribution in [0.3, 0.4) is 0 Å². The molecule has 0 radical (unpaired) electrons. The van der Waals surface area contributed by atoms with E-state index in [-0.39, 0.29) is 11.6 Å². The van der Waals surface area contributed by atoms with Gasteiger partial charge in [0.05, 0.1) is 24.3 Å². The number of nitrogens with one attached hydrogen (secondary N) is 1. The Morgan fingerprint density at radius 1 is 1.45 bits per heavy atom. The third-order valence-electron chi connectivity index (χ3n) is 3.00. The molecule has 20 heavy (non-hydrogen) atoms. The number of allylic oxidation sites excluding steroid dienone is 1. The number of hydrogen-bond donors (Lipinski definition) is 2. The summed E-state index contributed by atoms with van der Waals surface area (Å²) in [6, 6.07) is 8.29. The Morgan fingerprint density at radius 3 is 2.60 bits per heavy atom. The van der Waals surface area contributed by atoms with Gasteiger partial charge in [0.2, 0.25) is 0 Å². The Labute approximate surface area is 116 Å². The fourth-order valence-electron chi connectivity index (χ4n) is 2.01. The maximum Gasteiger partial charge on any atom is 0.335 e. The van der Waals surface area contributed by atoms with Gasteiger partial charge >= 0.3 is 5.97 Å². The van der Waals surface area contributed by atoms with Crippen molar-refractivity contribution in [2.45, 2.75) is 13.0 Å². The number of carboxylic acid groups (broad SMARTS) is 1. The van der Waals surface area contributed by atoms with Crippen molar-refractivity contribution in [3.63, 3.8) is 0 Å². The van der Waals surface area contributed by atoms with E-state index in [9.17, 15) is 9.90 Å². The number of aliphatic carboxylic acids is 1. The molecule has 0 saturated heterocycles. The highest BCUT2D eigenvalue weighted by Crippen LogP contribution is 2.30. The van der Waals surface area contributed by atoms with E-state index in [2.05, 4.69) is 10.3 Å². The van der Waals surface area contributed by atoms with Gasteiger partial charge in [-0.1, -0.05) is 12.1 Å². The van der Waals surface area contributed by atoms with Crippen molar-refractivity contribution in [1.82, 2.24) is 5.32 Å². The number of nitriles is 1. The van der Waals surface area contributed by atoms with Crippen LogP contribution in [0.5, 0.6) is 0 Å². The Morgan fingerprint density at radius 2 is 2.10 bits per heavy atom. The first-order chi connectivity index (χ1) is 9.56. The van der Waals surface area contributed by atoms with Crippen molar-refractivity contribution in [3.05, 3.63) is 46.7 Å². The van der Waals surface area contributed by atoms with Crippen LogP contribution in [0, 0.1) is 11.3 Å². The largest absolute Gasteiger partial charge is 0.478 e. The molecule has 0 amide bonds. The lowest BCUT2D eigenvalue weighted by Gasteiger charge is -2.23. The van der Waals surface area contributed by atoms with E-state index in [4.69, 9.17) is 10.00 Å². The number of carbonyl (C=O) groups is 1. The van der Waals surface area contributed by atoms with E-state index in [0.717, 1.165) is 0 Å². The van der Waals surface area contributed by atoms with Crippen molar-refractivity contribution in [2.24, 2.45) is 4.99 Å². The maximum absolute atomic E-state index is 11.4. The minimum atomic E-state index is -1.04. The van der Waals surface area contributed by atoms with Gasteiger partial charge < -0.3 is 15.2 Å². The predicted molar refractivity (Wildman–Crippen MR) is 71.8 cm³/mol. The van der Waals surface area contributed by atoms with E-state index < -0.39 is 12.0 Å². The SMILES string of the molecule is COC1=NC(c2ccc(C#N)cc2)C(C(=O)O)=C(C)N1. The number of hydrogen-bond acceptors (Lipinski definition) is 5. The van der Waals surface area contributed by atoms with Crippen molar-refractivity contribution in [2.75, 3.05) is 7.11 Å². The standard InChI is InChI=1S/C14H13N3O3/c1-8-11(13(18)19)12(17-14(16-8)20-2)10-5-3-9(7-15)4-6-10/h3-6,12H,1-2H3,(H,16,17)(H,18,19). The summed E-state index contributed by atoms with van der Waals surface area (Å²) in [5, 5.41) is 20.9. The van der Waals surface area contributed by atoms with Gasteiger partial charge in [0, 0.05) is 5.70 Å². The third kappa shape index (κ3) is 2.47. The fraction of sp³-hybridized carbons (Fsp3) is 0.214. The van der Waals surface area contributed by atoms with Crippen LogP contribution < -0.4 is 5.32 Å². The van der Waals surface area contributed by atoms with E-state index in [1.165, 1.54) is 7.11 Å². The molecule has 0 saturated carbocycles. The van der Waals surface area contributed by atoms with Gasteiger partial charge in [0.25, 0.3) is 6.02 Å². The molecular weight excluding hydrogens is 258 g/mol. The van der Waals surface area contributed by atoms with E-state index >= 15 is 0 Å². The van der Waals surface area contributed by atoms with Crippen molar-refractivity contribution < 1.29 is 14.6 Å². The Bertz CT molecular complexity index is 639. The second-order valence-electron chi connectivity index (χ2n) is 4.24. The quantitative estimate of drug-likeness (QED) is 0.851. The van der Waals surface area contributed by atoms with E-state index in [1.807, 2.05) is 6.07 Å². The summed E-state index contributed by atoms with van der Waals surface area (Å²) in [5.41, 5.74) is 1.85. The van der Waals surface area contributed by atoms with Gasteiger partial charge in [-0.15, -0.1) is 0 Å². The lowest BCUT2D eigenvalue weighted by Crippen LogP contribution is -2.32. The predicted octanol–water partition coefficient (Wildman–Crippen LogP) is 1.56. The molecule has 0 bridgehead atoms. The minimum Gasteiger partial charge on any atom is -0.478 e. The molecule has 1 heterocycles. The molecule has 0 fully saturated rings. The number of nitrogens with zero attached hydrogens (tertiary/aromatic N) is 2. The molecule has 1 atom stereocenters. The van der Waals surface area contributed by atoms with Gasteiger partial charge in [-0.05, 0) is 24.6 Å². The van der Waals surface area contributed by atoms with Gasteiger partial charge in [-0.25, -0.2) is 9.79 Å². The Hall–Kier alpha value is -2.81. The zero-order valence-electron chi connectivity index (χ0n) is 11.0. The lowest BCUT2D eigenvalue weighted by atomic mass is 9.96. The van der Waals surface area contributed by atoms with Crippen LogP contribution in [0.4, 0.5) is 0 Å². The first kappa shape index (κ1) is 13.6. The molecule has 0 aliphatic carbocycles. The van der Waals surface area contributed by atoms with Crippen LogP contribution in [-0.2, 0) is 9.53 Å². The zero-order valence-corrected chi connectivity index (χ0v) is 11.0.